The quantitative estimate of drug-likeness (QED) is 0.416. The molecule has 2 rings (SSSR count). The molecule has 0 saturated carbocycles. The molecule has 0 spiro atoms. The van der Waals surface area contributed by atoms with Crippen LogP contribution in [0.4, 0.5) is 0 Å². The first kappa shape index (κ1) is 21.0. The molecule has 0 aliphatic rings. The maximum absolute atomic E-state index is 8.96. The second-order valence-electron chi connectivity index (χ2n) is 6.34. The zero-order valence-corrected chi connectivity index (χ0v) is 17.2. The minimum Gasteiger partial charge on any atom is -0.356 e. The molecule has 25 heavy (non-hydrogen) atoms. The Morgan fingerprint density at radius 2 is 1.80 bits per heavy atom. The molecule has 4 nitrogen and oxygen atoms in total. The summed E-state index contributed by atoms with van der Waals surface area (Å²) in [4.78, 5) is 4.27. The van der Waals surface area contributed by atoms with Crippen LogP contribution in [-0.4, -0.2) is 19.6 Å². The molecule has 2 aromatic carbocycles. The highest BCUT2D eigenvalue weighted by atomic mass is 127. The van der Waals surface area contributed by atoms with Gasteiger partial charge in [0.05, 0.1) is 11.6 Å². The molecule has 0 fully saturated rings. The van der Waals surface area contributed by atoms with Crippen LogP contribution < -0.4 is 10.6 Å². The van der Waals surface area contributed by atoms with Crippen LogP contribution in [0.5, 0.6) is 0 Å². The van der Waals surface area contributed by atoms with Gasteiger partial charge in [-0.1, -0.05) is 56.3 Å². The van der Waals surface area contributed by atoms with E-state index in [1.165, 1.54) is 5.56 Å². The largest absolute Gasteiger partial charge is 0.356 e. The average Bonchev–Trinajstić information content (AvgIpc) is 2.62. The minimum atomic E-state index is -0.000392. The summed E-state index contributed by atoms with van der Waals surface area (Å²) in [7, 11) is 1.76. The minimum absolute atomic E-state index is 0. The standard InChI is InChI=1S/C20H24N4.HI/c1-20(2,18-10-5-4-6-11-18)15-24-19(22-3)23-14-17-9-7-8-16(12-17)13-21;/h4-12H,14-15H2,1-3H3,(H2,22,23,24);1H. The predicted octanol–water partition coefficient (Wildman–Crippen LogP) is 3.82. The lowest BCUT2D eigenvalue weighted by atomic mass is 9.85. The van der Waals surface area contributed by atoms with Crippen LogP contribution >= 0.6 is 24.0 Å². The highest BCUT2D eigenvalue weighted by molar-refractivity contribution is 14.0. The van der Waals surface area contributed by atoms with Crippen LogP contribution in [0.25, 0.3) is 0 Å². The van der Waals surface area contributed by atoms with Crippen molar-refractivity contribution in [3.05, 3.63) is 71.3 Å². The lowest BCUT2D eigenvalue weighted by Gasteiger charge is -2.26. The van der Waals surface area contributed by atoms with Crippen molar-refractivity contribution in [2.45, 2.75) is 25.8 Å². The number of halogens is 1. The van der Waals surface area contributed by atoms with E-state index in [4.69, 9.17) is 5.26 Å². The van der Waals surface area contributed by atoms with Gasteiger partial charge in [-0.15, -0.1) is 24.0 Å². The Kier molecular flexibility index (Phi) is 8.42. The van der Waals surface area contributed by atoms with Gasteiger partial charge in [0.1, 0.15) is 0 Å². The van der Waals surface area contributed by atoms with Crippen LogP contribution in [0.2, 0.25) is 0 Å². The average molecular weight is 448 g/mol. The van der Waals surface area contributed by atoms with E-state index in [1.54, 1.807) is 13.1 Å². The third-order valence-corrected chi connectivity index (χ3v) is 3.99. The van der Waals surface area contributed by atoms with Gasteiger partial charge in [-0.3, -0.25) is 4.99 Å². The molecule has 5 heteroatoms. The summed E-state index contributed by atoms with van der Waals surface area (Å²) in [6, 6.07) is 20.2. The Bertz CT molecular complexity index is 733. The number of nitriles is 1. The molecule has 0 atom stereocenters. The molecule has 0 heterocycles. The second kappa shape index (κ2) is 10.0. The molecule has 0 aliphatic heterocycles. The highest BCUT2D eigenvalue weighted by Crippen LogP contribution is 2.21. The van der Waals surface area contributed by atoms with Crippen molar-refractivity contribution in [3.8, 4) is 6.07 Å². The molecule has 0 aromatic heterocycles. The van der Waals surface area contributed by atoms with Gasteiger partial charge < -0.3 is 10.6 Å². The van der Waals surface area contributed by atoms with Gasteiger partial charge in [0.2, 0.25) is 0 Å². The molecule has 0 aliphatic carbocycles. The molecule has 0 saturated heterocycles. The van der Waals surface area contributed by atoms with E-state index in [0.29, 0.717) is 12.1 Å². The molecule has 0 amide bonds. The van der Waals surface area contributed by atoms with Gasteiger partial charge in [-0.05, 0) is 23.3 Å². The van der Waals surface area contributed by atoms with Crippen LogP contribution in [-0.2, 0) is 12.0 Å². The van der Waals surface area contributed by atoms with E-state index in [9.17, 15) is 0 Å². The number of guanidine groups is 1. The van der Waals surface area contributed by atoms with Crippen molar-refractivity contribution in [1.82, 2.24) is 10.6 Å². The van der Waals surface area contributed by atoms with Gasteiger partial charge in [-0.2, -0.15) is 5.26 Å². The van der Waals surface area contributed by atoms with Gasteiger partial charge in [0.25, 0.3) is 0 Å². The van der Waals surface area contributed by atoms with E-state index < -0.39 is 0 Å². The van der Waals surface area contributed by atoms with Gasteiger partial charge in [0.15, 0.2) is 5.96 Å². The van der Waals surface area contributed by atoms with Crippen molar-refractivity contribution < 1.29 is 0 Å². The van der Waals surface area contributed by atoms with Crippen molar-refractivity contribution in [2.75, 3.05) is 13.6 Å². The van der Waals surface area contributed by atoms with E-state index in [0.717, 1.165) is 18.1 Å². The molecule has 2 N–H and O–H groups in total. The summed E-state index contributed by atoms with van der Waals surface area (Å²) in [5.41, 5.74) is 3.01. The van der Waals surface area contributed by atoms with E-state index >= 15 is 0 Å². The number of hydrogen-bond acceptors (Lipinski definition) is 2. The van der Waals surface area contributed by atoms with Crippen molar-refractivity contribution in [3.63, 3.8) is 0 Å². The fourth-order valence-electron chi connectivity index (χ4n) is 2.45. The lowest BCUT2D eigenvalue weighted by Crippen LogP contribution is -2.43. The number of rotatable bonds is 5. The van der Waals surface area contributed by atoms with Crippen LogP contribution in [0.1, 0.15) is 30.5 Å². The maximum Gasteiger partial charge on any atom is 0.191 e. The number of aliphatic imine (C=N–C) groups is 1. The summed E-state index contributed by atoms with van der Waals surface area (Å²) >= 11 is 0. The maximum atomic E-state index is 8.96. The first-order chi connectivity index (χ1) is 11.5. The van der Waals surface area contributed by atoms with Crippen LogP contribution in [0.3, 0.4) is 0 Å². The number of hydrogen-bond donors (Lipinski definition) is 2. The topological polar surface area (TPSA) is 60.2 Å². The SMILES string of the molecule is CN=C(NCc1cccc(C#N)c1)NCC(C)(C)c1ccccc1.I. The monoisotopic (exact) mass is 448 g/mol. The molecule has 0 unspecified atom stereocenters. The smallest absolute Gasteiger partial charge is 0.191 e. The number of nitrogens with one attached hydrogen (secondary N) is 2. The summed E-state index contributed by atoms with van der Waals surface area (Å²) < 4.78 is 0. The molecular weight excluding hydrogens is 423 g/mol. The third-order valence-electron chi connectivity index (χ3n) is 3.99. The number of benzene rings is 2. The molecule has 2 aromatic rings. The van der Waals surface area contributed by atoms with E-state index in [-0.39, 0.29) is 29.4 Å². The number of nitrogens with zero attached hydrogens (tertiary/aromatic N) is 2. The fourth-order valence-corrected chi connectivity index (χ4v) is 2.45. The Hall–Kier alpha value is -2.07. The second-order valence-corrected chi connectivity index (χ2v) is 6.34. The van der Waals surface area contributed by atoms with Crippen molar-refractivity contribution >= 4 is 29.9 Å². The normalized spacial score (nSPS) is 11.2. The summed E-state index contributed by atoms with van der Waals surface area (Å²) in [6.07, 6.45) is 0. The van der Waals surface area contributed by atoms with Crippen molar-refractivity contribution in [1.29, 1.82) is 5.26 Å². The summed E-state index contributed by atoms with van der Waals surface area (Å²) in [5, 5.41) is 15.6. The van der Waals surface area contributed by atoms with E-state index in [1.807, 2.05) is 24.3 Å². The zero-order chi connectivity index (χ0) is 17.4. The fraction of sp³-hybridized carbons (Fsp3) is 0.300. The molecule has 0 bridgehead atoms. The van der Waals surface area contributed by atoms with E-state index in [2.05, 4.69) is 59.8 Å². The summed E-state index contributed by atoms with van der Waals surface area (Å²) in [6.45, 7) is 5.81. The Morgan fingerprint density at radius 1 is 1.08 bits per heavy atom. The van der Waals surface area contributed by atoms with Gasteiger partial charge >= 0.3 is 0 Å². The first-order valence-corrected chi connectivity index (χ1v) is 8.04. The van der Waals surface area contributed by atoms with Crippen LogP contribution in [0, 0.1) is 11.3 Å². The highest BCUT2D eigenvalue weighted by Gasteiger charge is 2.20. The van der Waals surface area contributed by atoms with Crippen molar-refractivity contribution in [2.24, 2.45) is 4.99 Å². The molecular formula is C20H25IN4. The Balaban J connectivity index is 0.00000312. The zero-order valence-electron chi connectivity index (χ0n) is 14.9. The first-order valence-electron chi connectivity index (χ1n) is 8.04. The van der Waals surface area contributed by atoms with Crippen LogP contribution in [0.15, 0.2) is 59.6 Å². The summed E-state index contributed by atoms with van der Waals surface area (Å²) in [5.74, 6) is 0.751. The molecule has 132 valence electrons. The lowest BCUT2D eigenvalue weighted by molar-refractivity contribution is 0.508. The Morgan fingerprint density at radius 3 is 2.44 bits per heavy atom. The van der Waals surface area contributed by atoms with Gasteiger partial charge in [-0.25, -0.2) is 0 Å². The van der Waals surface area contributed by atoms with Gasteiger partial charge in [0, 0.05) is 25.6 Å². The Labute approximate surface area is 167 Å². The predicted molar refractivity (Wildman–Crippen MR) is 114 cm³/mol. The molecule has 0 radical (unpaired) electrons. The third kappa shape index (κ3) is 6.39.